The van der Waals surface area contributed by atoms with Crippen molar-refractivity contribution in [3.63, 3.8) is 0 Å². The fraction of sp³-hybridized carbons (Fsp3) is 0.281. The average molecular weight is 582 g/mol. The van der Waals surface area contributed by atoms with E-state index in [0.29, 0.717) is 30.9 Å². The molecule has 3 aliphatic rings. The molecule has 7 rings (SSSR count). The van der Waals surface area contributed by atoms with Crippen LogP contribution in [0.2, 0.25) is 0 Å². The van der Waals surface area contributed by atoms with Crippen molar-refractivity contribution in [2.75, 3.05) is 30.9 Å². The van der Waals surface area contributed by atoms with Gasteiger partial charge in [-0.2, -0.15) is 4.98 Å². The Morgan fingerprint density at radius 1 is 0.929 bits per heavy atom. The van der Waals surface area contributed by atoms with Gasteiger partial charge in [0.15, 0.2) is 0 Å². The molecule has 214 valence electrons. The molecule has 42 heavy (non-hydrogen) atoms. The monoisotopic (exact) mass is 581 g/mol. The summed E-state index contributed by atoms with van der Waals surface area (Å²) >= 11 is 0. The molecule has 1 aromatic heterocycles. The second-order valence-corrected chi connectivity index (χ2v) is 13.2. The van der Waals surface area contributed by atoms with Crippen LogP contribution in [0.4, 0.5) is 5.95 Å². The molecule has 4 heterocycles. The molecule has 1 spiro atoms. The minimum atomic E-state index is -4.09. The maximum absolute atomic E-state index is 13.7. The Labute approximate surface area is 245 Å². The first-order valence-corrected chi connectivity index (χ1v) is 15.5. The van der Waals surface area contributed by atoms with E-state index in [2.05, 4.69) is 31.7 Å². The number of hydrogen-bond donors (Lipinski definition) is 1. The smallest absolute Gasteiger partial charge is 0.264 e. The van der Waals surface area contributed by atoms with Crippen molar-refractivity contribution in [1.29, 1.82) is 0 Å². The molecule has 2 saturated heterocycles. The Kier molecular flexibility index (Phi) is 6.29. The van der Waals surface area contributed by atoms with Crippen LogP contribution in [0.25, 0.3) is 11.3 Å². The van der Waals surface area contributed by atoms with Gasteiger partial charge in [-0.25, -0.2) is 18.1 Å². The van der Waals surface area contributed by atoms with E-state index >= 15 is 0 Å². The molecule has 0 aliphatic carbocycles. The number of aryl methyl sites for hydroxylation is 2. The minimum Gasteiger partial charge on any atom is -0.467 e. The summed E-state index contributed by atoms with van der Waals surface area (Å²) in [6, 6.07) is 24.2. The van der Waals surface area contributed by atoms with Gasteiger partial charge in [-0.1, -0.05) is 54.6 Å². The number of fused-ring (bicyclic) bond motifs is 5. The summed E-state index contributed by atoms with van der Waals surface area (Å²) in [5.41, 5.74) is 4.27. The average Bonchev–Trinajstić information content (AvgIpc) is 3.45. The molecule has 2 fully saturated rings. The highest BCUT2D eigenvalue weighted by atomic mass is 32.2. The van der Waals surface area contributed by atoms with Crippen LogP contribution in [-0.2, 0) is 16.6 Å². The predicted molar refractivity (Wildman–Crippen MR) is 159 cm³/mol. The highest BCUT2D eigenvalue weighted by Gasteiger charge is 2.56. The van der Waals surface area contributed by atoms with E-state index in [9.17, 15) is 13.2 Å². The lowest BCUT2D eigenvalue weighted by molar-refractivity contribution is 0.0501. The standard InChI is InChI=1S/C32H31N5O4S/c1-21-8-6-9-22(2)29(21)27-15-28-34-31(33-27)35-42(39,40)26-13-7-12-24(14-26)30(38)37-18-25-17-36(19-32(25,20-37)41-28)16-23-10-4-3-5-11-23/h3-15,25H,16-20H2,1-2H3,(H,33,34,35). The molecular formula is C32H31N5O4S. The number of likely N-dealkylation sites (tertiary alicyclic amines) is 1. The lowest BCUT2D eigenvalue weighted by Gasteiger charge is -2.30. The van der Waals surface area contributed by atoms with Crippen molar-refractivity contribution < 1.29 is 17.9 Å². The number of carbonyl (C=O) groups is 1. The highest BCUT2D eigenvalue weighted by molar-refractivity contribution is 7.92. The van der Waals surface area contributed by atoms with E-state index in [-0.39, 0.29) is 28.5 Å². The molecule has 3 aliphatic heterocycles. The van der Waals surface area contributed by atoms with Gasteiger partial charge >= 0.3 is 0 Å². The first-order chi connectivity index (χ1) is 20.2. The number of carbonyl (C=O) groups excluding carboxylic acids is 1. The molecule has 0 radical (unpaired) electrons. The van der Waals surface area contributed by atoms with Gasteiger partial charge in [-0.05, 0) is 48.7 Å². The zero-order chi connectivity index (χ0) is 29.1. The molecular weight excluding hydrogens is 550 g/mol. The topological polar surface area (TPSA) is 105 Å². The third kappa shape index (κ3) is 4.70. The summed E-state index contributed by atoms with van der Waals surface area (Å²) in [7, 11) is -4.09. The first kappa shape index (κ1) is 26.6. The maximum Gasteiger partial charge on any atom is 0.264 e. The number of anilines is 1. The lowest BCUT2D eigenvalue weighted by Crippen LogP contribution is -2.46. The zero-order valence-electron chi connectivity index (χ0n) is 23.4. The fourth-order valence-corrected chi connectivity index (χ4v) is 7.60. The van der Waals surface area contributed by atoms with Gasteiger partial charge in [-0.3, -0.25) is 9.69 Å². The largest absolute Gasteiger partial charge is 0.467 e. The molecule has 2 atom stereocenters. The van der Waals surface area contributed by atoms with Crippen molar-refractivity contribution in [1.82, 2.24) is 19.8 Å². The second kappa shape index (κ2) is 9.92. The van der Waals surface area contributed by atoms with Gasteiger partial charge in [0.05, 0.1) is 17.1 Å². The van der Waals surface area contributed by atoms with Crippen molar-refractivity contribution >= 4 is 21.9 Å². The predicted octanol–water partition coefficient (Wildman–Crippen LogP) is 4.28. The normalized spacial score (nSPS) is 22.8. The number of rotatable bonds is 3. The van der Waals surface area contributed by atoms with E-state index in [0.717, 1.165) is 29.8 Å². The van der Waals surface area contributed by atoms with Crippen LogP contribution in [0.5, 0.6) is 5.88 Å². The van der Waals surface area contributed by atoms with Gasteiger partial charge in [0.25, 0.3) is 15.9 Å². The van der Waals surface area contributed by atoms with Crippen LogP contribution in [0.1, 0.15) is 27.0 Å². The number of benzene rings is 3. The lowest BCUT2D eigenvalue weighted by atomic mass is 9.94. The summed E-state index contributed by atoms with van der Waals surface area (Å²) in [6.07, 6.45) is 0. The molecule has 9 nitrogen and oxygen atoms in total. The van der Waals surface area contributed by atoms with Gasteiger partial charge in [0.1, 0.15) is 5.60 Å². The van der Waals surface area contributed by atoms with Crippen LogP contribution in [0.15, 0.2) is 83.8 Å². The van der Waals surface area contributed by atoms with Crippen LogP contribution < -0.4 is 9.46 Å². The minimum absolute atomic E-state index is 0.0284. The first-order valence-electron chi connectivity index (χ1n) is 14.0. The van der Waals surface area contributed by atoms with Gasteiger partial charge < -0.3 is 9.64 Å². The van der Waals surface area contributed by atoms with Crippen molar-refractivity contribution in [2.24, 2.45) is 5.92 Å². The summed E-state index contributed by atoms with van der Waals surface area (Å²) in [4.78, 5) is 27.0. The SMILES string of the molecule is Cc1cccc(C)c1-c1cc2nc(n1)NS(=O)(=O)c1cccc(c1)C(=O)N1CC3CN(Cc4ccccc4)CC3(C1)O2. The van der Waals surface area contributed by atoms with Gasteiger partial charge in [-0.15, -0.1) is 0 Å². The molecule has 0 saturated carbocycles. The number of amides is 1. The molecule has 6 bridgehead atoms. The molecule has 3 aromatic carbocycles. The Bertz CT molecular complexity index is 1790. The molecule has 10 heteroatoms. The molecule has 1 amide bonds. The zero-order valence-corrected chi connectivity index (χ0v) is 24.3. The molecule has 2 unspecified atom stereocenters. The number of nitrogens with zero attached hydrogens (tertiary/aromatic N) is 4. The number of aromatic nitrogens is 2. The molecule has 1 N–H and O–H groups in total. The Balaban J connectivity index is 1.36. The van der Waals surface area contributed by atoms with E-state index < -0.39 is 15.6 Å². The Hall–Kier alpha value is -4.28. The van der Waals surface area contributed by atoms with E-state index in [1.165, 1.54) is 17.7 Å². The van der Waals surface area contributed by atoms with Crippen LogP contribution in [0, 0.1) is 19.8 Å². The van der Waals surface area contributed by atoms with E-state index in [4.69, 9.17) is 4.74 Å². The summed E-state index contributed by atoms with van der Waals surface area (Å²) in [6.45, 7) is 6.98. The number of ether oxygens (including phenoxy) is 1. The van der Waals surface area contributed by atoms with Crippen LogP contribution >= 0.6 is 0 Å². The number of hydrogen-bond acceptors (Lipinski definition) is 7. The van der Waals surface area contributed by atoms with E-state index in [1.807, 2.05) is 50.2 Å². The summed E-state index contributed by atoms with van der Waals surface area (Å²) in [5.74, 6) is 0.0116. The summed E-state index contributed by atoms with van der Waals surface area (Å²) in [5, 5.41) is 0. The quantitative estimate of drug-likeness (QED) is 0.385. The van der Waals surface area contributed by atoms with Gasteiger partial charge in [0.2, 0.25) is 11.8 Å². The van der Waals surface area contributed by atoms with Crippen molar-refractivity contribution in [2.45, 2.75) is 30.9 Å². The van der Waals surface area contributed by atoms with Crippen LogP contribution in [0.3, 0.4) is 0 Å². The number of sulfonamides is 1. The third-order valence-electron chi connectivity index (χ3n) is 8.51. The Morgan fingerprint density at radius 2 is 1.69 bits per heavy atom. The number of nitrogens with one attached hydrogen (secondary N) is 1. The Morgan fingerprint density at radius 3 is 2.48 bits per heavy atom. The van der Waals surface area contributed by atoms with E-state index in [1.54, 1.807) is 23.1 Å². The second-order valence-electron chi connectivity index (χ2n) is 11.5. The van der Waals surface area contributed by atoms with Crippen molar-refractivity contribution in [3.8, 4) is 17.1 Å². The van der Waals surface area contributed by atoms with Crippen molar-refractivity contribution in [3.05, 3.63) is 101 Å². The van der Waals surface area contributed by atoms with Gasteiger partial charge in [0, 0.05) is 49.3 Å². The third-order valence-corrected chi connectivity index (χ3v) is 9.84. The fourth-order valence-electron chi connectivity index (χ4n) is 6.61. The molecule has 4 aromatic rings. The highest BCUT2D eigenvalue weighted by Crippen LogP contribution is 2.41. The summed E-state index contributed by atoms with van der Waals surface area (Å²) < 4.78 is 36.3. The van der Waals surface area contributed by atoms with Crippen LogP contribution in [-0.4, -0.2) is 65.9 Å². The maximum atomic E-state index is 13.7.